The number of aliphatic hydroxyl groups is 1. The van der Waals surface area contributed by atoms with E-state index in [1.54, 1.807) is 62.7 Å². The number of Topliss-reactive ketones (excluding diaryl/α,β-unsaturated/α-hetero) is 1. The fourth-order valence-electron chi connectivity index (χ4n) is 4.01. The third kappa shape index (κ3) is 3.37. The van der Waals surface area contributed by atoms with Gasteiger partial charge in [-0.2, -0.15) is 0 Å². The lowest BCUT2D eigenvalue weighted by Gasteiger charge is -2.25. The predicted octanol–water partition coefficient (Wildman–Crippen LogP) is 4.04. The molecule has 1 amide bonds. The predicted molar refractivity (Wildman–Crippen MR) is 120 cm³/mol. The number of ether oxygens (including phenoxy) is 1. The van der Waals surface area contributed by atoms with Crippen LogP contribution in [-0.4, -0.2) is 34.0 Å². The molecule has 2 heterocycles. The lowest BCUT2D eigenvalue weighted by molar-refractivity contribution is -0.132. The molecule has 1 fully saturated rings. The van der Waals surface area contributed by atoms with Crippen molar-refractivity contribution in [3.05, 3.63) is 88.8 Å². The second-order valence-electron chi connectivity index (χ2n) is 7.58. The van der Waals surface area contributed by atoms with Crippen molar-refractivity contribution in [3.63, 3.8) is 0 Å². The smallest absolute Gasteiger partial charge is 0.300 e. The number of phenolic OH excluding ortho intramolecular Hbond substituents is 1. The van der Waals surface area contributed by atoms with Gasteiger partial charge in [0, 0.05) is 18.0 Å². The number of methoxy groups -OCH3 is 1. The highest BCUT2D eigenvalue weighted by molar-refractivity contribution is 6.51. The van der Waals surface area contributed by atoms with Crippen molar-refractivity contribution in [1.29, 1.82) is 0 Å². The summed E-state index contributed by atoms with van der Waals surface area (Å²) >= 11 is 0. The number of nitrogens with zero attached hydrogens (tertiary/aromatic N) is 2. The first-order valence-corrected chi connectivity index (χ1v) is 9.99. The van der Waals surface area contributed by atoms with E-state index in [-0.39, 0.29) is 22.8 Å². The molecule has 0 aliphatic carbocycles. The number of aliphatic hydroxyl groups excluding tert-OH is 1. The molecular formula is C25H22N2O5. The largest absolute Gasteiger partial charge is 0.507 e. The topological polar surface area (TPSA) is 100.0 Å². The fourth-order valence-corrected chi connectivity index (χ4v) is 4.01. The number of carbonyl (C=O) groups excluding carboxylic acids is 2. The van der Waals surface area contributed by atoms with E-state index < -0.39 is 17.7 Å². The molecule has 7 nitrogen and oxygen atoms in total. The van der Waals surface area contributed by atoms with Crippen LogP contribution in [0.25, 0.3) is 5.76 Å². The number of phenols is 1. The molecule has 0 saturated carbocycles. The molecule has 1 aromatic heterocycles. The highest BCUT2D eigenvalue weighted by Gasteiger charge is 2.47. The third-order valence-corrected chi connectivity index (χ3v) is 5.58. The average molecular weight is 430 g/mol. The number of carbonyl (C=O) groups is 2. The molecule has 3 aromatic rings. The van der Waals surface area contributed by atoms with Gasteiger partial charge in [-0.05, 0) is 60.9 Å². The summed E-state index contributed by atoms with van der Waals surface area (Å²) < 4.78 is 5.34. The number of amides is 1. The number of aromatic hydroxyl groups is 1. The van der Waals surface area contributed by atoms with Crippen molar-refractivity contribution in [2.24, 2.45) is 0 Å². The Morgan fingerprint density at radius 2 is 1.81 bits per heavy atom. The molecule has 162 valence electrons. The highest BCUT2D eigenvalue weighted by Crippen LogP contribution is 2.44. The maximum absolute atomic E-state index is 13.2. The second-order valence-corrected chi connectivity index (χ2v) is 7.58. The van der Waals surface area contributed by atoms with Crippen molar-refractivity contribution in [2.45, 2.75) is 19.9 Å². The number of para-hydroxylation sites is 2. The van der Waals surface area contributed by atoms with Gasteiger partial charge in [0.1, 0.15) is 17.3 Å². The van der Waals surface area contributed by atoms with E-state index in [9.17, 15) is 19.8 Å². The van der Waals surface area contributed by atoms with Gasteiger partial charge in [-0.25, -0.2) is 0 Å². The van der Waals surface area contributed by atoms with Gasteiger partial charge in [0.15, 0.2) is 0 Å². The Labute approximate surface area is 185 Å². The Hall–Kier alpha value is -4.13. The maximum atomic E-state index is 13.2. The summed E-state index contributed by atoms with van der Waals surface area (Å²) in [6.45, 7) is 3.61. The number of rotatable bonds is 4. The van der Waals surface area contributed by atoms with Crippen molar-refractivity contribution < 1.29 is 24.5 Å². The molecule has 0 spiro atoms. The van der Waals surface area contributed by atoms with Gasteiger partial charge in [0.25, 0.3) is 11.7 Å². The van der Waals surface area contributed by atoms with Crippen LogP contribution in [0.15, 0.2) is 66.5 Å². The van der Waals surface area contributed by atoms with Gasteiger partial charge >= 0.3 is 0 Å². The van der Waals surface area contributed by atoms with Crippen LogP contribution < -0.4 is 9.64 Å². The molecule has 1 unspecified atom stereocenters. The molecule has 1 saturated heterocycles. The first-order valence-electron chi connectivity index (χ1n) is 9.99. The summed E-state index contributed by atoms with van der Waals surface area (Å²) in [5.74, 6) is -1.48. The molecule has 0 radical (unpaired) electrons. The van der Waals surface area contributed by atoms with E-state index in [1.165, 1.54) is 17.2 Å². The Kier molecular flexibility index (Phi) is 5.40. The van der Waals surface area contributed by atoms with Crippen LogP contribution >= 0.6 is 0 Å². The standard InChI is InChI=1S/C25H22N2O5/c1-14-12-20(32-3)15(2)11-17(14)23(29)21-22(16-7-6-10-26-13-16)27(25(31)24(21)30)18-8-4-5-9-19(18)28/h4-13,22,28-29H,1-3H3/b23-21+. The molecular weight excluding hydrogens is 408 g/mol. The van der Waals surface area contributed by atoms with Crippen LogP contribution in [0.2, 0.25) is 0 Å². The first-order chi connectivity index (χ1) is 15.3. The number of benzene rings is 2. The number of aryl methyl sites for hydroxylation is 2. The van der Waals surface area contributed by atoms with Gasteiger partial charge in [-0.3, -0.25) is 19.5 Å². The van der Waals surface area contributed by atoms with Crippen molar-refractivity contribution >= 4 is 23.1 Å². The Morgan fingerprint density at radius 3 is 2.47 bits per heavy atom. The van der Waals surface area contributed by atoms with Crippen LogP contribution in [0.3, 0.4) is 0 Å². The summed E-state index contributed by atoms with van der Waals surface area (Å²) in [6, 6.07) is 12.2. The summed E-state index contributed by atoms with van der Waals surface area (Å²) in [5, 5.41) is 21.7. The van der Waals surface area contributed by atoms with E-state index in [2.05, 4.69) is 4.98 Å². The van der Waals surface area contributed by atoms with Crippen LogP contribution in [-0.2, 0) is 9.59 Å². The summed E-state index contributed by atoms with van der Waals surface area (Å²) in [5.41, 5.74) is 2.51. The number of aromatic nitrogens is 1. The van der Waals surface area contributed by atoms with Crippen LogP contribution in [0.1, 0.15) is 28.3 Å². The first kappa shape index (κ1) is 21.1. The van der Waals surface area contributed by atoms with Gasteiger partial charge in [0.2, 0.25) is 0 Å². The molecule has 2 N–H and O–H groups in total. The molecule has 1 aliphatic heterocycles. The highest BCUT2D eigenvalue weighted by atomic mass is 16.5. The molecule has 7 heteroatoms. The summed E-state index contributed by atoms with van der Waals surface area (Å²) in [4.78, 5) is 31.6. The Morgan fingerprint density at radius 1 is 1.06 bits per heavy atom. The van der Waals surface area contributed by atoms with Gasteiger partial charge in [0.05, 0.1) is 24.4 Å². The zero-order valence-corrected chi connectivity index (χ0v) is 17.9. The van der Waals surface area contributed by atoms with Crippen LogP contribution in [0.5, 0.6) is 11.5 Å². The minimum atomic E-state index is -0.959. The van der Waals surface area contributed by atoms with E-state index in [0.717, 1.165) is 5.56 Å². The van der Waals surface area contributed by atoms with Crippen LogP contribution in [0, 0.1) is 13.8 Å². The molecule has 4 rings (SSSR count). The van der Waals surface area contributed by atoms with Crippen molar-refractivity contribution in [1.82, 2.24) is 4.98 Å². The Bertz CT molecular complexity index is 1250. The van der Waals surface area contributed by atoms with E-state index in [0.29, 0.717) is 22.4 Å². The average Bonchev–Trinajstić information content (AvgIpc) is 3.06. The Balaban J connectivity index is 1.98. The number of hydrogen-bond donors (Lipinski definition) is 2. The van der Waals surface area contributed by atoms with E-state index >= 15 is 0 Å². The minimum absolute atomic E-state index is 0.0704. The SMILES string of the molecule is COc1cc(C)c(/C(O)=C2\C(=O)C(=O)N(c3ccccc3O)C2c2cccnc2)cc1C. The van der Waals surface area contributed by atoms with Crippen molar-refractivity contribution in [3.8, 4) is 11.5 Å². The quantitative estimate of drug-likeness (QED) is 0.368. The maximum Gasteiger partial charge on any atom is 0.300 e. The fraction of sp³-hybridized carbons (Fsp3) is 0.160. The zero-order chi connectivity index (χ0) is 23.0. The van der Waals surface area contributed by atoms with Gasteiger partial charge in [-0.1, -0.05) is 18.2 Å². The van der Waals surface area contributed by atoms with Crippen molar-refractivity contribution in [2.75, 3.05) is 12.0 Å². The lowest BCUT2D eigenvalue weighted by Crippen LogP contribution is -2.29. The number of pyridine rings is 1. The molecule has 1 atom stereocenters. The summed E-state index contributed by atoms with van der Waals surface area (Å²) in [7, 11) is 1.56. The van der Waals surface area contributed by atoms with E-state index in [4.69, 9.17) is 4.74 Å². The lowest BCUT2D eigenvalue weighted by atomic mass is 9.93. The number of hydrogen-bond acceptors (Lipinski definition) is 6. The monoisotopic (exact) mass is 430 g/mol. The molecule has 0 bridgehead atoms. The summed E-state index contributed by atoms with van der Waals surface area (Å²) in [6.07, 6.45) is 3.11. The minimum Gasteiger partial charge on any atom is -0.507 e. The molecule has 1 aliphatic rings. The molecule has 2 aromatic carbocycles. The molecule has 32 heavy (non-hydrogen) atoms. The van der Waals surface area contributed by atoms with Gasteiger partial charge in [-0.15, -0.1) is 0 Å². The van der Waals surface area contributed by atoms with E-state index in [1.807, 2.05) is 6.92 Å². The zero-order valence-electron chi connectivity index (χ0n) is 17.9. The second kappa shape index (κ2) is 8.19. The van der Waals surface area contributed by atoms with Crippen LogP contribution in [0.4, 0.5) is 5.69 Å². The number of anilines is 1. The number of ketones is 1. The van der Waals surface area contributed by atoms with Gasteiger partial charge < -0.3 is 14.9 Å². The third-order valence-electron chi connectivity index (χ3n) is 5.58. The normalized spacial score (nSPS) is 17.6.